The fourth-order valence-electron chi connectivity index (χ4n) is 6.35. The molecule has 6 rings (SSSR count). The first-order valence-electron chi connectivity index (χ1n) is 13.6. The SMILES string of the molecule is Nc1cc(F)c(C(F)(F)F)c(-c2c(Cl)cc3c(N4CCC=CCC4)nc(OCC45CCCN4CCC5)nc3c2F)n1. The minimum Gasteiger partial charge on any atom is -0.461 e. The van der Waals surface area contributed by atoms with Crippen LogP contribution in [0.2, 0.25) is 5.02 Å². The van der Waals surface area contributed by atoms with Gasteiger partial charge in [-0.25, -0.2) is 13.8 Å². The lowest BCUT2D eigenvalue weighted by atomic mass is 9.95. The van der Waals surface area contributed by atoms with E-state index in [0.717, 1.165) is 51.6 Å². The maximum Gasteiger partial charge on any atom is 0.421 e. The summed E-state index contributed by atoms with van der Waals surface area (Å²) >= 11 is 6.43. The lowest BCUT2D eigenvalue weighted by molar-refractivity contribution is -0.139. The van der Waals surface area contributed by atoms with E-state index in [1.807, 2.05) is 17.1 Å². The fourth-order valence-corrected chi connectivity index (χ4v) is 6.63. The Morgan fingerprint density at radius 2 is 1.66 bits per heavy atom. The van der Waals surface area contributed by atoms with Gasteiger partial charge in [0.05, 0.1) is 21.8 Å². The van der Waals surface area contributed by atoms with Gasteiger partial charge in [0.1, 0.15) is 35.1 Å². The third kappa shape index (κ3) is 5.05. The number of hydrogen-bond donors (Lipinski definition) is 1. The second-order valence-electron chi connectivity index (χ2n) is 10.8. The molecule has 2 N–H and O–H groups in total. The van der Waals surface area contributed by atoms with Crippen molar-refractivity contribution in [3.63, 3.8) is 0 Å². The Hall–Kier alpha value is -3.25. The van der Waals surface area contributed by atoms with Crippen LogP contribution in [0.5, 0.6) is 6.01 Å². The summed E-state index contributed by atoms with van der Waals surface area (Å²) < 4.78 is 78.8. The van der Waals surface area contributed by atoms with Crippen molar-refractivity contribution in [2.45, 2.75) is 50.2 Å². The summed E-state index contributed by atoms with van der Waals surface area (Å²) in [5.41, 5.74) is 1.58. The van der Waals surface area contributed by atoms with Crippen LogP contribution < -0.4 is 15.4 Å². The van der Waals surface area contributed by atoms with Crippen molar-refractivity contribution in [2.75, 3.05) is 43.4 Å². The average molecular weight is 595 g/mol. The van der Waals surface area contributed by atoms with E-state index in [1.165, 1.54) is 6.07 Å². The van der Waals surface area contributed by atoms with Gasteiger partial charge in [-0.15, -0.1) is 0 Å². The molecule has 2 aromatic heterocycles. The van der Waals surface area contributed by atoms with E-state index in [9.17, 15) is 17.6 Å². The molecule has 0 unspecified atom stereocenters. The van der Waals surface area contributed by atoms with Crippen LogP contribution in [-0.4, -0.2) is 58.2 Å². The number of aromatic nitrogens is 3. The number of rotatable bonds is 5. The van der Waals surface area contributed by atoms with Crippen molar-refractivity contribution in [1.82, 2.24) is 19.9 Å². The first-order chi connectivity index (χ1) is 19.6. The van der Waals surface area contributed by atoms with Gasteiger partial charge in [-0.2, -0.15) is 23.1 Å². The Morgan fingerprint density at radius 1 is 0.976 bits per heavy atom. The molecule has 0 radical (unpaired) electrons. The van der Waals surface area contributed by atoms with E-state index >= 15 is 4.39 Å². The smallest absolute Gasteiger partial charge is 0.421 e. The van der Waals surface area contributed by atoms with Crippen LogP contribution in [0.4, 0.5) is 33.6 Å². The number of halogens is 6. The Balaban J connectivity index is 1.52. The molecule has 13 heteroatoms. The van der Waals surface area contributed by atoms with Gasteiger partial charge in [-0.05, 0) is 57.7 Å². The highest BCUT2D eigenvalue weighted by atomic mass is 35.5. The van der Waals surface area contributed by atoms with Gasteiger partial charge in [0.15, 0.2) is 5.82 Å². The predicted octanol–water partition coefficient (Wildman–Crippen LogP) is 6.39. The van der Waals surface area contributed by atoms with Crippen molar-refractivity contribution in [2.24, 2.45) is 0 Å². The summed E-state index contributed by atoms with van der Waals surface area (Å²) in [6, 6.07) is 1.64. The van der Waals surface area contributed by atoms with E-state index in [2.05, 4.69) is 19.9 Å². The summed E-state index contributed by atoms with van der Waals surface area (Å²) in [5.74, 6) is -3.08. The molecule has 218 valence electrons. The Labute approximate surface area is 238 Å². The van der Waals surface area contributed by atoms with Gasteiger partial charge in [0.2, 0.25) is 0 Å². The summed E-state index contributed by atoms with van der Waals surface area (Å²) in [6.45, 7) is 3.41. The van der Waals surface area contributed by atoms with Crippen molar-refractivity contribution >= 4 is 34.1 Å². The minimum absolute atomic E-state index is 0.0900. The van der Waals surface area contributed by atoms with Gasteiger partial charge in [-0.1, -0.05) is 23.8 Å². The van der Waals surface area contributed by atoms with Crippen LogP contribution in [0.15, 0.2) is 24.3 Å². The molecule has 3 aliphatic heterocycles. The van der Waals surface area contributed by atoms with Crippen LogP contribution in [-0.2, 0) is 6.18 Å². The van der Waals surface area contributed by atoms with Crippen molar-refractivity contribution in [1.29, 1.82) is 0 Å². The van der Waals surface area contributed by atoms with Gasteiger partial charge in [0, 0.05) is 24.5 Å². The first-order valence-corrected chi connectivity index (χ1v) is 14.0. The zero-order chi connectivity index (χ0) is 28.9. The van der Waals surface area contributed by atoms with E-state index in [1.54, 1.807) is 0 Å². The lowest BCUT2D eigenvalue weighted by Gasteiger charge is -2.31. The number of fused-ring (bicyclic) bond motifs is 2. The number of alkyl halides is 3. The molecule has 7 nitrogen and oxygen atoms in total. The summed E-state index contributed by atoms with van der Waals surface area (Å²) in [7, 11) is 0. The highest BCUT2D eigenvalue weighted by Gasteiger charge is 2.45. The lowest BCUT2D eigenvalue weighted by Crippen LogP contribution is -2.43. The summed E-state index contributed by atoms with van der Waals surface area (Å²) in [4.78, 5) is 17.0. The normalized spacial score (nSPS) is 19.1. The van der Waals surface area contributed by atoms with Crippen LogP contribution in [0.3, 0.4) is 0 Å². The largest absolute Gasteiger partial charge is 0.461 e. The number of nitrogens with two attached hydrogens (primary N) is 1. The fraction of sp³-hybridized carbons (Fsp3) is 0.464. The molecule has 0 spiro atoms. The zero-order valence-electron chi connectivity index (χ0n) is 22.1. The van der Waals surface area contributed by atoms with Crippen LogP contribution in [0.1, 0.15) is 44.1 Å². The van der Waals surface area contributed by atoms with E-state index in [-0.39, 0.29) is 22.5 Å². The molecule has 0 bridgehead atoms. The molecular weight excluding hydrogens is 567 g/mol. The van der Waals surface area contributed by atoms with E-state index in [0.29, 0.717) is 31.6 Å². The molecule has 0 aliphatic carbocycles. The number of benzene rings is 1. The quantitative estimate of drug-likeness (QED) is 0.271. The molecule has 0 atom stereocenters. The molecule has 3 aromatic rings. The van der Waals surface area contributed by atoms with Crippen molar-refractivity contribution < 1.29 is 26.7 Å². The molecule has 0 amide bonds. The maximum atomic E-state index is 16.4. The van der Waals surface area contributed by atoms with Gasteiger partial charge < -0.3 is 15.4 Å². The summed E-state index contributed by atoms with van der Waals surface area (Å²) in [5, 5.41) is -0.208. The Bertz CT molecular complexity index is 1510. The number of nitrogens with zero attached hydrogens (tertiary/aromatic N) is 5. The Morgan fingerprint density at radius 3 is 2.32 bits per heavy atom. The zero-order valence-corrected chi connectivity index (χ0v) is 22.8. The second kappa shape index (κ2) is 10.5. The maximum absolute atomic E-state index is 16.4. The molecular formula is C28H28ClF5N6O. The number of pyridine rings is 1. The molecule has 3 aliphatic rings. The van der Waals surface area contributed by atoms with Crippen LogP contribution >= 0.6 is 11.6 Å². The highest BCUT2D eigenvalue weighted by Crippen LogP contribution is 2.45. The monoisotopic (exact) mass is 594 g/mol. The minimum atomic E-state index is -5.19. The third-order valence-electron chi connectivity index (χ3n) is 8.23. The molecule has 2 fully saturated rings. The highest BCUT2D eigenvalue weighted by molar-refractivity contribution is 6.34. The molecule has 5 heterocycles. The number of hydrogen-bond acceptors (Lipinski definition) is 7. The van der Waals surface area contributed by atoms with Crippen molar-refractivity contribution in [3.8, 4) is 17.3 Å². The Kier molecular flexibility index (Phi) is 7.17. The standard InChI is InChI=1S/C28H28ClF5N6O/c29-17-13-16-23(22(31)20(17)24-21(28(32,33)34)18(30)14-19(35)36-24)37-26(38-25(16)39-9-3-1-2-4-10-39)41-15-27-7-5-11-40(27)12-6-8-27/h1-2,13-14H,3-12,15H2,(H2,35,36). The topological polar surface area (TPSA) is 80.4 Å². The molecule has 1 aromatic carbocycles. The van der Waals surface area contributed by atoms with E-state index in [4.69, 9.17) is 22.1 Å². The van der Waals surface area contributed by atoms with Crippen molar-refractivity contribution in [3.05, 3.63) is 46.5 Å². The van der Waals surface area contributed by atoms with Gasteiger partial charge in [-0.3, -0.25) is 4.90 Å². The molecule has 0 saturated carbocycles. The second-order valence-corrected chi connectivity index (χ2v) is 11.2. The number of nitrogen functional groups attached to an aromatic ring is 1. The number of anilines is 2. The van der Waals surface area contributed by atoms with Crippen LogP contribution in [0.25, 0.3) is 22.2 Å². The summed E-state index contributed by atoms with van der Waals surface area (Å²) in [6.07, 6.45) is 4.36. The van der Waals surface area contributed by atoms with Gasteiger partial charge >= 0.3 is 12.2 Å². The van der Waals surface area contributed by atoms with Crippen LogP contribution in [0, 0.1) is 11.6 Å². The third-order valence-corrected chi connectivity index (χ3v) is 8.53. The number of ether oxygens (including phenoxy) is 1. The average Bonchev–Trinajstić information content (AvgIpc) is 3.36. The predicted molar refractivity (Wildman–Crippen MR) is 146 cm³/mol. The van der Waals surface area contributed by atoms with Gasteiger partial charge in [0.25, 0.3) is 0 Å². The van der Waals surface area contributed by atoms with E-state index < -0.39 is 45.5 Å². The first kappa shape index (κ1) is 27.9. The molecule has 2 saturated heterocycles. The molecule has 41 heavy (non-hydrogen) atoms.